The minimum Gasteiger partial charge on any atom is -0.496 e. The summed E-state index contributed by atoms with van der Waals surface area (Å²) in [4.78, 5) is 18.9. The second-order valence-corrected chi connectivity index (χ2v) is 11.7. The number of hydrogen-bond donors (Lipinski definition) is 1. The van der Waals surface area contributed by atoms with E-state index in [1.165, 1.54) is 24.3 Å². The maximum absolute atomic E-state index is 15.6. The number of benzene rings is 3. The van der Waals surface area contributed by atoms with Crippen molar-refractivity contribution in [3.8, 4) is 17.6 Å². The maximum atomic E-state index is 15.6. The van der Waals surface area contributed by atoms with Crippen molar-refractivity contribution < 1.29 is 32.6 Å². The van der Waals surface area contributed by atoms with Gasteiger partial charge in [0.2, 0.25) is 0 Å². The SMILES string of the molecule is [2H]C([2H])([2H])Oc1cc(C#N)ccc1[C@@H]1C=C(F)c2cccc(C3CCN(Cc4nc5ccc(C(=O)O)cc5n4C[C@@H]4CCO4)CC3)c2O1. The molecule has 4 heterocycles. The Bertz CT molecular complexity index is 1960. The van der Waals surface area contributed by atoms with Crippen LogP contribution in [0.4, 0.5) is 4.39 Å². The molecule has 7 rings (SSSR count). The molecule has 3 aromatic carbocycles. The number of carboxylic acid groups (broad SMARTS) is 1. The molecule has 0 amide bonds. The van der Waals surface area contributed by atoms with Gasteiger partial charge in [-0.15, -0.1) is 0 Å². The van der Waals surface area contributed by atoms with Crippen LogP contribution in [0.15, 0.2) is 60.7 Å². The molecule has 9 nitrogen and oxygen atoms in total. The minimum atomic E-state index is -2.77. The van der Waals surface area contributed by atoms with E-state index in [0.717, 1.165) is 61.4 Å². The van der Waals surface area contributed by atoms with Crippen LogP contribution in [0.25, 0.3) is 16.9 Å². The Morgan fingerprint density at radius 3 is 2.76 bits per heavy atom. The topological polar surface area (TPSA) is 110 Å². The lowest BCUT2D eigenvalue weighted by Gasteiger charge is -2.34. The van der Waals surface area contributed by atoms with Gasteiger partial charge in [-0.2, -0.15) is 5.26 Å². The zero-order valence-electron chi connectivity index (χ0n) is 27.4. The number of piperidine rings is 1. The van der Waals surface area contributed by atoms with Gasteiger partial charge < -0.3 is 23.9 Å². The number of fused-ring (bicyclic) bond motifs is 2. The molecule has 10 heteroatoms. The first-order valence-corrected chi connectivity index (χ1v) is 15.0. The van der Waals surface area contributed by atoms with E-state index in [1.807, 2.05) is 18.2 Å². The number of aromatic carboxylic acids is 1. The molecule has 0 unspecified atom stereocenters. The number of likely N-dealkylation sites (tertiary alicyclic amines) is 1. The van der Waals surface area contributed by atoms with Gasteiger partial charge in [0, 0.05) is 12.2 Å². The Labute approximate surface area is 264 Å². The number of nitriles is 1. The second kappa shape index (κ2) is 12.0. The van der Waals surface area contributed by atoms with Gasteiger partial charge in [0.05, 0.1) is 64.1 Å². The first-order chi connectivity index (χ1) is 23.1. The van der Waals surface area contributed by atoms with Gasteiger partial charge in [0.15, 0.2) is 0 Å². The van der Waals surface area contributed by atoms with Gasteiger partial charge >= 0.3 is 5.97 Å². The summed E-state index contributed by atoms with van der Waals surface area (Å²) in [5.74, 6) is -0.168. The third kappa shape index (κ3) is 5.54. The van der Waals surface area contributed by atoms with Crippen LogP contribution in [0.2, 0.25) is 0 Å². The molecule has 0 saturated carbocycles. The number of para-hydroxylation sites is 1. The molecule has 0 spiro atoms. The number of ether oxygens (including phenoxy) is 3. The molecule has 230 valence electrons. The molecule has 2 fully saturated rings. The van der Waals surface area contributed by atoms with Gasteiger partial charge in [-0.3, -0.25) is 4.90 Å². The summed E-state index contributed by atoms with van der Waals surface area (Å²) in [6.07, 6.45) is 2.93. The summed E-state index contributed by atoms with van der Waals surface area (Å²) in [5, 5.41) is 18.9. The zero-order valence-corrected chi connectivity index (χ0v) is 24.4. The van der Waals surface area contributed by atoms with E-state index in [0.29, 0.717) is 30.0 Å². The average Bonchev–Trinajstić information content (AvgIpc) is 3.37. The highest BCUT2D eigenvalue weighted by Crippen LogP contribution is 2.46. The van der Waals surface area contributed by atoms with Gasteiger partial charge in [-0.05, 0) is 92.4 Å². The molecule has 4 aromatic rings. The Morgan fingerprint density at radius 1 is 1.18 bits per heavy atom. The molecule has 2 atom stereocenters. The van der Waals surface area contributed by atoms with Crippen molar-refractivity contribution in [1.29, 1.82) is 5.26 Å². The number of carbonyl (C=O) groups is 1. The van der Waals surface area contributed by atoms with Crippen LogP contribution < -0.4 is 9.47 Å². The normalized spacial score (nSPS) is 21.3. The van der Waals surface area contributed by atoms with Crippen molar-refractivity contribution in [2.75, 3.05) is 26.7 Å². The van der Waals surface area contributed by atoms with Gasteiger partial charge in [0.1, 0.15) is 29.3 Å². The monoisotopic (exact) mass is 611 g/mol. The number of nitrogens with zero attached hydrogens (tertiary/aromatic N) is 4. The molecule has 0 bridgehead atoms. The molecule has 1 aromatic heterocycles. The van der Waals surface area contributed by atoms with E-state index in [1.54, 1.807) is 24.3 Å². The van der Waals surface area contributed by atoms with E-state index in [2.05, 4.69) is 9.47 Å². The fourth-order valence-electron chi connectivity index (χ4n) is 6.52. The van der Waals surface area contributed by atoms with E-state index in [9.17, 15) is 15.2 Å². The van der Waals surface area contributed by atoms with Crippen LogP contribution in [0.3, 0.4) is 0 Å². The summed E-state index contributed by atoms with van der Waals surface area (Å²) in [6, 6.07) is 16.8. The number of rotatable bonds is 8. The fraction of sp³-hybridized carbons (Fsp3) is 0.343. The molecule has 45 heavy (non-hydrogen) atoms. The van der Waals surface area contributed by atoms with Crippen molar-refractivity contribution >= 4 is 22.8 Å². The van der Waals surface area contributed by atoms with E-state index in [-0.39, 0.29) is 28.9 Å². The van der Waals surface area contributed by atoms with Crippen molar-refractivity contribution in [2.45, 2.75) is 50.5 Å². The summed E-state index contributed by atoms with van der Waals surface area (Å²) in [7, 11) is -2.77. The van der Waals surface area contributed by atoms with Crippen LogP contribution >= 0.6 is 0 Å². The quantitative estimate of drug-likeness (QED) is 0.250. The summed E-state index contributed by atoms with van der Waals surface area (Å²) < 4.78 is 57.8. The van der Waals surface area contributed by atoms with Crippen molar-refractivity contribution in [3.63, 3.8) is 0 Å². The Kier molecular flexibility index (Phi) is 6.82. The molecule has 3 aliphatic rings. The number of halogens is 1. The lowest BCUT2D eigenvalue weighted by Crippen LogP contribution is -2.35. The largest absolute Gasteiger partial charge is 0.496 e. The summed E-state index contributed by atoms with van der Waals surface area (Å²) in [5.41, 5.74) is 3.48. The molecule has 1 N–H and O–H groups in total. The smallest absolute Gasteiger partial charge is 0.335 e. The third-order valence-corrected chi connectivity index (χ3v) is 9.05. The van der Waals surface area contributed by atoms with Crippen LogP contribution in [0.1, 0.15) is 73.8 Å². The first kappa shape index (κ1) is 25.6. The molecule has 2 saturated heterocycles. The highest BCUT2D eigenvalue weighted by atomic mass is 19.1. The number of carboxylic acids is 1. The predicted molar refractivity (Wildman–Crippen MR) is 165 cm³/mol. The lowest BCUT2D eigenvalue weighted by atomic mass is 9.86. The number of hydrogen-bond acceptors (Lipinski definition) is 7. The van der Waals surface area contributed by atoms with Gasteiger partial charge in [-0.25, -0.2) is 14.2 Å². The summed E-state index contributed by atoms with van der Waals surface area (Å²) >= 11 is 0. The Hall–Kier alpha value is -4.72. The standard InChI is InChI=1S/C35H33FN4O5/c1-43-31-15-21(18-37)5-7-27(31)32-17-28(36)26-4-2-3-25(34(26)45-32)22-9-12-39(13-10-22)20-33-38-29-8-6-23(35(41)42)16-30(29)40(33)19-24-11-14-44-24/h2-8,15-17,22,24,32H,9-14,19-20H2,1H3,(H,41,42)/t24-,32-/m0/s1/i1D3. The fourth-order valence-corrected chi connectivity index (χ4v) is 6.52. The van der Waals surface area contributed by atoms with Gasteiger partial charge in [-0.1, -0.05) is 12.1 Å². The van der Waals surface area contributed by atoms with E-state index >= 15 is 4.39 Å². The number of imidazole rings is 1. The van der Waals surface area contributed by atoms with Crippen LogP contribution in [0, 0.1) is 11.3 Å². The van der Waals surface area contributed by atoms with Crippen molar-refractivity contribution in [2.24, 2.45) is 0 Å². The third-order valence-electron chi connectivity index (χ3n) is 9.05. The van der Waals surface area contributed by atoms with Crippen molar-refractivity contribution in [1.82, 2.24) is 14.5 Å². The predicted octanol–water partition coefficient (Wildman–Crippen LogP) is 6.23. The highest BCUT2D eigenvalue weighted by Gasteiger charge is 2.31. The van der Waals surface area contributed by atoms with Crippen molar-refractivity contribution in [3.05, 3.63) is 94.3 Å². The minimum absolute atomic E-state index is 0.0635. The van der Waals surface area contributed by atoms with Crippen LogP contribution in [-0.4, -0.2) is 58.4 Å². The van der Waals surface area contributed by atoms with Gasteiger partial charge in [0.25, 0.3) is 0 Å². The molecular weight excluding hydrogens is 575 g/mol. The maximum Gasteiger partial charge on any atom is 0.335 e. The first-order valence-electron chi connectivity index (χ1n) is 16.5. The van der Waals surface area contributed by atoms with E-state index in [4.69, 9.17) is 23.3 Å². The van der Waals surface area contributed by atoms with E-state index < -0.39 is 24.9 Å². The number of aromatic nitrogens is 2. The second-order valence-electron chi connectivity index (χ2n) is 11.7. The Balaban J connectivity index is 1.10. The number of methoxy groups -OCH3 is 1. The van der Waals surface area contributed by atoms with Crippen LogP contribution in [0.5, 0.6) is 11.5 Å². The summed E-state index contributed by atoms with van der Waals surface area (Å²) in [6.45, 7) is 3.43. The Morgan fingerprint density at radius 2 is 2.02 bits per heavy atom. The average molecular weight is 612 g/mol. The van der Waals surface area contributed by atoms with Crippen LogP contribution in [-0.2, 0) is 17.8 Å². The molecule has 0 radical (unpaired) electrons. The lowest BCUT2D eigenvalue weighted by molar-refractivity contribution is -0.0592. The zero-order chi connectivity index (χ0) is 33.6. The highest BCUT2D eigenvalue weighted by molar-refractivity contribution is 5.92. The molecule has 3 aliphatic heterocycles. The molecule has 0 aliphatic carbocycles. The molecular formula is C35H33FN4O5.